The van der Waals surface area contributed by atoms with Crippen LogP contribution in [0.5, 0.6) is 0 Å². The van der Waals surface area contributed by atoms with Crippen molar-refractivity contribution in [1.82, 2.24) is 10.1 Å². The van der Waals surface area contributed by atoms with E-state index >= 15 is 0 Å². The average molecular weight is 203 g/mol. The van der Waals surface area contributed by atoms with Crippen LogP contribution in [0.2, 0.25) is 0 Å². The monoisotopic (exact) mass is 203 g/mol. The van der Waals surface area contributed by atoms with Crippen LogP contribution in [0.15, 0.2) is 24.3 Å². The van der Waals surface area contributed by atoms with Crippen LogP contribution in [0.3, 0.4) is 0 Å². The smallest absolute Gasteiger partial charge is 0.270 e. The molecule has 2 aromatic rings. The normalized spacial score (nSPS) is 11.9. The van der Waals surface area contributed by atoms with Crippen molar-refractivity contribution in [2.75, 3.05) is 0 Å². The highest BCUT2D eigenvalue weighted by Gasteiger charge is 2.22. The summed E-state index contributed by atoms with van der Waals surface area (Å²) in [6, 6.07) is 7.20. The van der Waals surface area contributed by atoms with Crippen molar-refractivity contribution in [1.29, 1.82) is 0 Å². The van der Waals surface area contributed by atoms with Gasteiger partial charge in [0, 0.05) is 16.6 Å². The molecule has 0 aliphatic carbocycles. The third-order valence-electron chi connectivity index (χ3n) is 2.17. The lowest BCUT2D eigenvalue weighted by molar-refractivity contribution is -0.644. The van der Waals surface area contributed by atoms with E-state index in [-0.39, 0.29) is 5.41 Å². The Morgan fingerprint density at radius 2 is 1.87 bits per heavy atom. The summed E-state index contributed by atoms with van der Waals surface area (Å²) in [5, 5.41) is 15.5. The second-order valence-corrected chi connectivity index (χ2v) is 4.55. The molecule has 4 nitrogen and oxygen atoms in total. The van der Waals surface area contributed by atoms with Gasteiger partial charge in [-0.1, -0.05) is 32.9 Å². The molecular formula is C11H13N3O. The molecule has 0 saturated carbocycles. The third kappa shape index (κ3) is 1.75. The molecule has 0 amide bonds. The lowest BCUT2D eigenvalue weighted by atomic mass is 9.96. The predicted molar refractivity (Wildman–Crippen MR) is 57.2 cm³/mol. The number of hydrogen-bond acceptors (Lipinski definition) is 3. The third-order valence-corrected chi connectivity index (χ3v) is 2.17. The zero-order valence-corrected chi connectivity index (χ0v) is 9.06. The zero-order chi connectivity index (χ0) is 11.1. The van der Waals surface area contributed by atoms with Gasteiger partial charge in [-0.3, -0.25) is 0 Å². The lowest BCUT2D eigenvalue weighted by Gasteiger charge is -2.14. The molecule has 0 aliphatic heterocycles. The molecule has 0 aliphatic rings. The summed E-state index contributed by atoms with van der Waals surface area (Å²) >= 11 is 0. The van der Waals surface area contributed by atoms with E-state index in [2.05, 4.69) is 10.1 Å². The number of aromatic nitrogens is 3. The van der Waals surface area contributed by atoms with Crippen LogP contribution >= 0.6 is 0 Å². The van der Waals surface area contributed by atoms with Crippen LogP contribution in [0.25, 0.3) is 11.0 Å². The highest BCUT2D eigenvalue weighted by Crippen LogP contribution is 2.18. The zero-order valence-electron chi connectivity index (χ0n) is 9.06. The first-order chi connectivity index (χ1) is 6.98. The minimum absolute atomic E-state index is 0.212. The average Bonchev–Trinajstić information content (AvgIpc) is 2.16. The van der Waals surface area contributed by atoms with Crippen LogP contribution in [0, 0.1) is 5.21 Å². The summed E-state index contributed by atoms with van der Waals surface area (Å²) in [4.78, 5) is 5.02. The van der Waals surface area contributed by atoms with E-state index in [4.69, 9.17) is 0 Å². The summed E-state index contributed by atoms with van der Waals surface area (Å²) in [5.74, 6) is 0.566. The molecule has 0 N–H and O–H groups in total. The summed E-state index contributed by atoms with van der Waals surface area (Å²) in [7, 11) is 0. The molecular weight excluding hydrogens is 190 g/mol. The minimum Gasteiger partial charge on any atom is -0.594 e. The largest absolute Gasteiger partial charge is 0.594 e. The van der Waals surface area contributed by atoms with Crippen molar-refractivity contribution in [2.24, 2.45) is 0 Å². The Bertz CT molecular complexity index is 503. The standard InChI is InChI=1S/C11H13N3O/c1-11(2,3)10-12-8-6-4-5-7-9(8)14(15)13-10/h4-7H,1-3H3. The Kier molecular flexibility index (Phi) is 2.07. The van der Waals surface area contributed by atoms with E-state index in [0.717, 1.165) is 0 Å². The molecule has 0 spiro atoms. The number of fused-ring (bicyclic) bond motifs is 1. The maximum absolute atomic E-state index is 11.6. The summed E-state index contributed by atoms with van der Waals surface area (Å²) in [6.07, 6.45) is 0. The van der Waals surface area contributed by atoms with Gasteiger partial charge in [-0.15, -0.1) is 0 Å². The fourth-order valence-electron chi connectivity index (χ4n) is 1.31. The molecule has 15 heavy (non-hydrogen) atoms. The Labute approximate surface area is 88.2 Å². The molecule has 1 aromatic carbocycles. The van der Waals surface area contributed by atoms with Gasteiger partial charge in [-0.2, -0.15) is 0 Å². The maximum atomic E-state index is 11.6. The second kappa shape index (κ2) is 3.15. The van der Waals surface area contributed by atoms with E-state index in [9.17, 15) is 5.21 Å². The minimum atomic E-state index is -0.212. The van der Waals surface area contributed by atoms with Gasteiger partial charge in [0.15, 0.2) is 0 Å². The van der Waals surface area contributed by atoms with Gasteiger partial charge in [-0.25, -0.2) is 4.98 Å². The van der Waals surface area contributed by atoms with Gasteiger partial charge in [-0.05, 0) is 10.9 Å². The molecule has 0 fully saturated rings. The number of hydrogen-bond donors (Lipinski definition) is 0. The SMILES string of the molecule is CC(C)(C)c1nc2ccccc2[n+]([O-])n1. The van der Waals surface area contributed by atoms with Crippen LogP contribution in [-0.4, -0.2) is 10.1 Å². The highest BCUT2D eigenvalue weighted by molar-refractivity contribution is 5.70. The molecule has 1 aromatic heterocycles. The van der Waals surface area contributed by atoms with E-state index in [1.54, 1.807) is 12.1 Å². The van der Waals surface area contributed by atoms with Crippen molar-refractivity contribution >= 4 is 11.0 Å². The van der Waals surface area contributed by atoms with Gasteiger partial charge >= 0.3 is 0 Å². The van der Waals surface area contributed by atoms with Crippen molar-refractivity contribution in [3.05, 3.63) is 35.3 Å². The molecule has 0 saturated heterocycles. The molecule has 0 radical (unpaired) electrons. The van der Waals surface area contributed by atoms with Gasteiger partial charge in [0.25, 0.3) is 5.52 Å². The first kappa shape index (κ1) is 9.83. The van der Waals surface area contributed by atoms with Gasteiger partial charge in [0.1, 0.15) is 5.52 Å². The van der Waals surface area contributed by atoms with E-state index in [0.29, 0.717) is 21.7 Å². The quantitative estimate of drug-likeness (QED) is 0.482. The van der Waals surface area contributed by atoms with Crippen molar-refractivity contribution < 1.29 is 4.85 Å². The van der Waals surface area contributed by atoms with Gasteiger partial charge in [0.2, 0.25) is 5.82 Å². The molecule has 1 heterocycles. The Hall–Kier alpha value is -1.71. The topological polar surface area (TPSA) is 52.7 Å². The van der Waals surface area contributed by atoms with Crippen molar-refractivity contribution in [3.63, 3.8) is 0 Å². The molecule has 0 bridgehead atoms. The van der Waals surface area contributed by atoms with Crippen LogP contribution in [0.1, 0.15) is 26.6 Å². The molecule has 2 rings (SSSR count). The highest BCUT2D eigenvalue weighted by atomic mass is 16.5. The van der Waals surface area contributed by atoms with E-state index in [1.807, 2.05) is 32.9 Å². The first-order valence-corrected chi connectivity index (χ1v) is 4.85. The summed E-state index contributed by atoms with van der Waals surface area (Å²) in [5.41, 5.74) is 0.980. The molecule has 0 atom stereocenters. The Morgan fingerprint density at radius 1 is 1.20 bits per heavy atom. The Morgan fingerprint density at radius 3 is 2.53 bits per heavy atom. The second-order valence-electron chi connectivity index (χ2n) is 4.55. The number of rotatable bonds is 0. The number of nitrogens with zero attached hydrogens (tertiary/aromatic N) is 3. The fraction of sp³-hybridized carbons (Fsp3) is 0.364. The molecule has 0 unspecified atom stereocenters. The van der Waals surface area contributed by atoms with Crippen molar-refractivity contribution in [2.45, 2.75) is 26.2 Å². The fourth-order valence-corrected chi connectivity index (χ4v) is 1.31. The maximum Gasteiger partial charge on any atom is 0.270 e. The molecule has 78 valence electrons. The lowest BCUT2D eigenvalue weighted by Crippen LogP contribution is -2.36. The molecule has 4 heteroatoms. The first-order valence-electron chi connectivity index (χ1n) is 4.85. The predicted octanol–water partition coefficient (Wildman–Crippen LogP) is 1.56. The summed E-state index contributed by atoms with van der Waals surface area (Å²) < 4.78 is 0. The van der Waals surface area contributed by atoms with Crippen LogP contribution in [0.4, 0.5) is 0 Å². The van der Waals surface area contributed by atoms with Gasteiger partial charge < -0.3 is 5.21 Å². The van der Waals surface area contributed by atoms with E-state index in [1.165, 1.54) is 0 Å². The Balaban J connectivity index is 2.73. The van der Waals surface area contributed by atoms with Crippen molar-refractivity contribution in [3.8, 4) is 0 Å². The number of benzene rings is 1. The van der Waals surface area contributed by atoms with Gasteiger partial charge in [0.05, 0.1) is 0 Å². The van der Waals surface area contributed by atoms with Crippen LogP contribution < -0.4 is 4.85 Å². The number of para-hydroxylation sites is 2. The van der Waals surface area contributed by atoms with E-state index < -0.39 is 0 Å². The van der Waals surface area contributed by atoms with Crippen LogP contribution in [-0.2, 0) is 5.41 Å². The summed E-state index contributed by atoms with van der Waals surface area (Å²) in [6.45, 7) is 5.95.